The first-order chi connectivity index (χ1) is 8.55. The Morgan fingerprint density at radius 1 is 1.28 bits per heavy atom. The number of benzene rings is 1. The topological polar surface area (TPSA) is 55.4 Å². The van der Waals surface area contributed by atoms with Gasteiger partial charge in [0.05, 0.1) is 16.2 Å². The van der Waals surface area contributed by atoms with Gasteiger partial charge < -0.3 is 10.1 Å². The van der Waals surface area contributed by atoms with Gasteiger partial charge in [-0.15, -0.1) is 0 Å². The van der Waals surface area contributed by atoms with Crippen LogP contribution in [0.15, 0.2) is 29.2 Å². The summed E-state index contributed by atoms with van der Waals surface area (Å²) < 4.78 is 29.7. The third-order valence-electron chi connectivity index (χ3n) is 3.32. The lowest BCUT2D eigenvalue weighted by molar-refractivity contribution is 0.340. The normalized spacial score (nSPS) is 17.4. The highest BCUT2D eigenvalue weighted by molar-refractivity contribution is 7.93. The number of hydrogen-bond acceptors (Lipinski definition) is 4. The molecule has 4 nitrogen and oxygen atoms in total. The molecule has 0 aromatic heterocycles. The average molecular weight is 269 g/mol. The molecule has 0 radical (unpaired) electrons. The summed E-state index contributed by atoms with van der Waals surface area (Å²) in [4.78, 5) is 0.388. The molecular formula is C13H19NO3S. The van der Waals surface area contributed by atoms with Crippen LogP contribution in [-0.4, -0.2) is 33.4 Å². The third kappa shape index (κ3) is 2.24. The van der Waals surface area contributed by atoms with E-state index in [-0.39, 0.29) is 0 Å². The number of sulfone groups is 1. The molecule has 0 heterocycles. The van der Waals surface area contributed by atoms with Crippen LogP contribution in [0.2, 0.25) is 0 Å². The first kappa shape index (κ1) is 13.4. The highest BCUT2D eigenvalue weighted by Gasteiger charge is 2.54. The zero-order chi connectivity index (χ0) is 13.2. The standard InChI is InChI=1S/C13H19NO3S/c1-3-17-11-4-6-12(7-5-11)18(15,16)13(8-9-13)10-14-2/h4-7,14H,3,8-10H2,1-2H3. The molecule has 2 rings (SSSR count). The third-order valence-corrected chi connectivity index (χ3v) is 5.91. The molecule has 5 heteroatoms. The maximum atomic E-state index is 12.5. The van der Waals surface area contributed by atoms with Crippen molar-refractivity contribution in [1.29, 1.82) is 0 Å². The molecule has 1 saturated carbocycles. The van der Waals surface area contributed by atoms with Crippen molar-refractivity contribution in [3.8, 4) is 5.75 Å². The highest BCUT2D eigenvalue weighted by atomic mass is 32.2. The minimum atomic E-state index is -3.24. The minimum Gasteiger partial charge on any atom is -0.494 e. The Bertz CT molecular complexity index is 504. The lowest BCUT2D eigenvalue weighted by Crippen LogP contribution is -2.33. The van der Waals surface area contributed by atoms with Crippen LogP contribution < -0.4 is 10.1 Å². The largest absolute Gasteiger partial charge is 0.494 e. The molecule has 18 heavy (non-hydrogen) atoms. The van der Waals surface area contributed by atoms with Gasteiger partial charge in [-0.2, -0.15) is 0 Å². The fraction of sp³-hybridized carbons (Fsp3) is 0.538. The summed E-state index contributed by atoms with van der Waals surface area (Å²) >= 11 is 0. The molecule has 1 aromatic rings. The summed E-state index contributed by atoms with van der Waals surface area (Å²) in [7, 11) is -1.45. The smallest absolute Gasteiger partial charge is 0.185 e. The maximum Gasteiger partial charge on any atom is 0.185 e. The first-order valence-corrected chi connectivity index (χ1v) is 7.66. The van der Waals surface area contributed by atoms with E-state index < -0.39 is 14.6 Å². The van der Waals surface area contributed by atoms with Gasteiger partial charge >= 0.3 is 0 Å². The van der Waals surface area contributed by atoms with Crippen LogP contribution >= 0.6 is 0 Å². The van der Waals surface area contributed by atoms with Crippen LogP contribution in [0.25, 0.3) is 0 Å². The molecular weight excluding hydrogens is 250 g/mol. The summed E-state index contributed by atoms with van der Waals surface area (Å²) in [5.74, 6) is 0.704. The second kappa shape index (κ2) is 4.90. The van der Waals surface area contributed by atoms with Crippen molar-refractivity contribution in [3.05, 3.63) is 24.3 Å². The van der Waals surface area contributed by atoms with Crippen LogP contribution in [0.4, 0.5) is 0 Å². The Morgan fingerprint density at radius 3 is 2.33 bits per heavy atom. The lowest BCUT2D eigenvalue weighted by Gasteiger charge is -2.16. The number of nitrogens with one attached hydrogen (secondary N) is 1. The Morgan fingerprint density at radius 2 is 1.89 bits per heavy atom. The lowest BCUT2D eigenvalue weighted by atomic mass is 10.3. The van der Waals surface area contributed by atoms with Crippen LogP contribution in [0.1, 0.15) is 19.8 Å². The van der Waals surface area contributed by atoms with Gasteiger partial charge in [0.2, 0.25) is 0 Å². The van der Waals surface area contributed by atoms with Crippen LogP contribution in [0.3, 0.4) is 0 Å². The zero-order valence-corrected chi connectivity index (χ0v) is 11.6. The van der Waals surface area contributed by atoms with Gasteiger partial charge in [-0.05, 0) is 51.1 Å². The number of ether oxygens (including phenoxy) is 1. The molecule has 1 N–H and O–H groups in total. The van der Waals surface area contributed by atoms with E-state index in [0.29, 0.717) is 23.8 Å². The fourth-order valence-electron chi connectivity index (χ4n) is 2.13. The average Bonchev–Trinajstić information content (AvgIpc) is 3.12. The molecule has 0 unspecified atom stereocenters. The second-order valence-electron chi connectivity index (χ2n) is 4.62. The Labute approximate surface area is 108 Å². The summed E-state index contributed by atoms with van der Waals surface area (Å²) in [5, 5.41) is 2.97. The molecule has 0 aliphatic heterocycles. The SMILES string of the molecule is CCOc1ccc(S(=O)(=O)C2(CNC)CC2)cc1. The predicted molar refractivity (Wildman–Crippen MR) is 70.7 cm³/mol. The fourth-order valence-corrected chi connectivity index (χ4v) is 4.10. The van der Waals surface area contributed by atoms with E-state index in [1.807, 2.05) is 6.92 Å². The molecule has 1 aromatic carbocycles. The van der Waals surface area contributed by atoms with Crippen molar-refractivity contribution in [2.24, 2.45) is 0 Å². The first-order valence-electron chi connectivity index (χ1n) is 6.18. The predicted octanol–water partition coefficient (Wildman–Crippen LogP) is 1.61. The molecule has 0 bridgehead atoms. The van der Waals surface area contributed by atoms with Gasteiger partial charge in [-0.1, -0.05) is 0 Å². The molecule has 100 valence electrons. The van der Waals surface area contributed by atoms with Crippen LogP contribution in [0, 0.1) is 0 Å². The number of rotatable bonds is 6. The van der Waals surface area contributed by atoms with Gasteiger partial charge in [0.25, 0.3) is 0 Å². The Hall–Kier alpha value is -1.07. The van der Waals surface area contributed by atoms with Gasteiger partial charge in [0, 0.05) is 6.54 Å². The summed E-state index contributed by atoms with van der Waals surface area (Å²) in [6.07, 6.45) is 1.48. The Balaban J connectivity index is 2.25. The molecule has 1 aliphatic rings. The number of hydrogen-bond donors (Lipinski definition) is 1. The van der Waals surface area contributed by atoms with Crippen molar-refractivity contribution in [1.82, 2.24) is 5.32 Å². The summed E-state index contributed by atoms with van der Waals surface area (Å²) in [5.41, 5.74) is 0. The van der Waals surface area contributed by atoms with Crippen LogP contribution in [0.5, 0.6) is 5.75 Å². The summed E-state index contributed by atoms with van der Waals surface area (Å²) in [6.45, 7) is 3.00. The van der Waals surface area contributed by atoms with Crippen molar-refractivity contribution < 1.29 is 13.2 Å². The van der Waals surface area contributed by atoms with Crippen molar-refractivity contribution in [2.45, 2.75) is 29.4 Å². The van der Waals surface area contributed by atoms with E-state index in [4.69, 9.17) is 4.74 Å². The maximum absolute atomic E-state index is 12.5. The van der Waals surface area contributed by atoms with E-state index in [2.05, 4.69) is 5.32 Å². The van der Waals surface area contributed by atoms with Crippen molar-refractivity contribution in [2.75, 3.05) is 20.2 Å². The molecule has 1 fully saturated rings. The molecule has 0 spiro atoms. The second-order valence-corrected chi connectivity index (χ2v) is 6.97. The monoisotopic (exact) mass is 269 g/mol. The van der Waals surface area contributed by atoms with Crippen molar-refractivity contribution >= 4 is 9.84 Å². The van der Waals surface area contributed by atoms with Crippen molar-refractivity contribution in [3.63, 3.8) is 0 Å². The van der Waals surface area contributed by atoms with Gasteiger partial charge in [-0.3, -0.25) is 0 Å². The van der Waals surface area contributed by atoms with Gasteiger partial charge in [-0.25, -0.2) is 8.42 Å². The van der Waals surface area contributed by atoms with E-state index in [1.165, 1.54) is 0 Å². The quantitative estimate of drug-likeness (QED) is 0.852. The van der Waals surface area contributed by atoms with E-state index >= 15 is 0 Å². The molecule has 0 atom stereocenters. The van der Waals surface area contributed by atoms with E-state index in [9.17, 15) is 8.42 Å². The minimum absolute atomic E-state index is 0.388. The molecule has 0 amide bonds. The van der Waals surface area contributed by atoms with Crippen LogP contribution in [-0.2, 0) is 9.84 Å². The van der Waals surface area contributed by atoms with Gasteiger partial charge in [0.1, 0.15) is 5.75 Å². The highest BCUT2D eigenvalue weighted by Crippen LogP contribution is 2.46. The summed E-state index contributed by atoms with van der Waals surface area (Å²) in [6, 6.07) is 6.70. The van der Waals surface area contributed by atoms with E-state index in [1.54, 1.807) is 31.3 Å². The molecule has 0 saturated heterocycles. The Kier molecular flexibility index (Phi) is 3.64. The molecule has 1 aliphatic carbocycles. The van der Waals surface area contributed by atoms with E-state index in [0.717, 1.165) is 12.8 Å². The zero-order valence-electron chi connectivity index (χ0n) is 10.8. The van der Waals surface area contributed by atoms with Gasteiger partial charge in [0.15, 0.2) is 9.84 Å².